The van der Waals surface area contributed by atoms with Gasteiger partial charge in [-0.05, 0) is 36.2 Å². The monoisotopic (exact) mass is 368 g/mol. The van der Waals surface area contributed by atoms with Crippen molar-refractivity contribution in [2.75, 3.05) is 0 Å². The predicted octanol–water partition coefficient (Wildman–Crippen LogP) is 4.41. The van der Waals surface area contributed by atoms with Crippen molar-refractivity contribution < 1.29 is 9.59 Å². The average Bonchev–Trinajstić information content (AvgIpc) is 3.05. The number of urea groups is 1. The zero-order chi connectivity index (χ0) is 16.6. The standard InChI is InChI=1S/C16H14Cl2N2O2S/c1-2-16(10-3-5-11(17)6-4-10)14(21)20(15(22)19-16)9-12-7-8-13(18)23-12/h3-8H,2,9H2,1H3,(H,19,22). The van der Waals surface area contributed by atoms with Crippen LogP contribution in [-0.2, 0) is 16.9 Å². The number of hydrogen-bond donors (Lipinski definition) is 1. The molecule has 1 aliphatic heterocycles. The zero-order valence-electron chi connectivity index (χ0n) is 12.3. The van der Waals surface area contributed by atoms with Gasteiger partial charge in [-0.25, -0.2) is 4.79 Å². The van der Waals surface area contributed by atoms with Crippen LogP contribution in [-0.4, -0.2) is 16.8 Å². The Morgan fingerprint density at radius 3 is 2.39 bits per heavy atom. The topological polar surface area (TPSA) is 49.4 Å². The predicted molar refractivity (Wildman–Crippen MR) is 91.8 cm³/mol. The van der Waals surface area contributed by atoms with Gasteiger partial charge < -0.3 is 5.32 Å². The summed E-state index contributed by atoms with van der Waals surface area (Å²) in [6.45, 7) is 2.09. The third-order valence-electron chi connectivity index (χ3n) is 3.99. The molecule has 1 atom stereocenters. The normalized spacial score (nSPS) is 20.9. The van der Waals surface area contributed by atoms with Gasteiger partial charge in [0.1, 0.15) is 5.54 Å². The minimum Gasteiger partial charge on any atom is -0.319 e. The van der Waals surface area contributed by atoms with Crippen LogP contribution in [0, 0.1) is 0 Å². The molecule has 0 radical (unpaired) electrons. The molecular formula is C16H14Cl2N2O2S. The summed E-state index contributed by atoms with van der Waals surface area (Å²) in [6, 6.07) is 10.2. The zero-order valence-corrected chi connectivity index (χ0v) is 14.6. The number of nitrogens with zero attached hydrogens (tertiary/aromatic N) is 1. The molecule has 1 aromatic carbocycles. The number of amides is 3. The molecule has 0 bridgehead atoms. The van der Waals surface area contributed by atoms with Gasteiger partial charge in [-0.1, -0.05) is 42.3 Å². The number of carbonyl (C=O) groups excluding carboxylic acids is 2. The highest BCUT2D eigenvalue weighted by molar-refractivity contribution is 7.16. The molecule has 2 heterocycles. The molecule has 3 amide bonds. The molecule has 1 unspecified atom stereocenters. The second-order valence-corrected chi connectivity index (χ2v) is 7.53. The Kier molecular flexibility index (Phi) is 4.36. The summed E-state index contributed by atoms with van der Waals surface area (Å²) in [5.41, 5.74) is -0.308. The van der Waals surface area contributed by atoms with Crippen molar-refractivity contribution in [2.24, 2.45) is 0 Å². The van der Waals surface area contributed by atoms with Gasteiger partial charge >= 0.3 is 6.03 Å². The van der Waals surface area contributed by atoms with E-state index in [0.717, 1.165) is 10.4 Å². The van der Waals surface area contributed by atoms with E-state index in [1.165, 1.54) is 16.2 Å². The number of imide groups is 1. The molecule has 2 aromatic rings. The number of rotatable bonds is 4. The van der Waals surface area contributed by atoms with E-state index in [4.69, 9.17) is 23.2 Å². The minimum absolute atomic E-state index is 0.220. The van der Waals surface area contributed by atoms with Gasteiger partial charge in [-0.15, -0.1) is 11.3 Å². The Morgan fingerprint density at radius 1 is 1.13 bits per heavy atom. The lowest BCUT2D eigenvalue weighted by Gasteiger charge is -2.25. The van der Waals surface area contributed by atoms with E-state index >= 15 is 0 Å². The maximum absolute atomic E-state index is 12.9. The molecule has 3 rings (SSSR count). The van der Waals surface area contributed by atoms with Crippen molar-refractivity contribution in [3.05, 3.63) is 56.2 Å². The van der Waals surface area contributed by atoms with Gasteiger partial charge in [0.2, 0.25) is 0 Å². The van der Waals surface area contributed by atoms with E-state index in [0.29, 0.717) is 15.8 Å². The van der Waals surface area contributed by atoms with Gasteiger partial charge in [0, 0.05) is 9.90 Å². The first-order valence-corrected chi connectivity index (χ1v) is 8.68. The average molecular weight is 369 g/mol. The van der Waals surface area contributed by atoms with Crippen LogP contribution in [0.4, 0.5) is 4.79 Å². The van der Waals surface area contributed by atoms with Crippen LogP contribution < -0.4 is 5.32 Å². The number of hydrogen-bond acceptors (Lipinski definition) is 3. The van der Waals surface area contributed by atoms with Crippen LogP contribution in [0.25, 0.3) is 0 Å². The first-order valence-electron chi connectivity index (χ1n) is 7.10. The molecule has 1 fully saturated rings. The molecular weight excluding hydrogens is 355 g/mol. The van der Waals surface area contributed by atoms with E-state index in [9.17, 15) is 9.59 Å². The Morgan fingerprint density at radius 2 is 1.83 bits per heavy atom. The molecule has 0 aliphatic carbocycles. The van der Waals surface area contributed by atoms with Crippen molar-refractivity contribution in [2.45, 2.75) is 25.4 Å². The maximum Gasteiger partial charge on any atom is 0.325 e. The summed E-state index contributed by atoms with van der Waals surface area (Å²) in [5, 5.41) is 3.43. The third-order valence-corrected chi connectivity index (χ3v) is 5.45. The second kappa shape index (κ2) is 6.15. The van der Waals surface area contributed by atoms with Crippen LogP contribution >= 0.6 is 34.5 Å². The number of nitrogens with one attached hydrogen (secondary N) is 1. The van der Waals surface area contributed by atoms with Crippen molar-refractivity contribution in [3.63, 3.8) is 0 Å². The number of thiophene rings is 1. The van der Waals surface area contributed by atoms with Crippen molar-refractivity contribution in [3.8, 4) is 0 Å². The largest absolute Gasteiger partial charge is 0.325 e. The third kappa shape index (κ3) is 2.84. The first-order chi connectivity index (χ1) is 11.0. The molecule has 1 saturated heterocycles. The Hall–Kier alpha value is -1.56. The molecule has 1 N–H and O–H groups in total. The first kappa shape index (κ1) is 16.3. The number of halogens is 2. The van der Waals surface area contributed by atoms with Gasteiger partial charge in [0.25, 0.3) is 5.91 Å². The highest BCUT2D eigenvalue weighted by atomic mass is 35.5. The summed E-state index contributed by atoms with van der Waals surface area (Å²) in [6.07, 6.45) is 0.459. The summed E-state index contributed by atoms with van der Waals surface area (Å²) >= 11 is 13.2. The fourth-order valence-corrected chi connectivity index (χ4v) is 3.94. The van der Waals surface area contributed by atoms with Crippen LogP contribution in [0.1, 0.15) is 23.8 Å². The van der Waals surface area contributed by atoms with Gasteiger partial charge in [-0.3, -0.25) is 9.69 Å². The Labute approximate surface area is 148 Å². The molecule has 7 heteroatoms. The molecule has 120 valence electrons. The van der Waals surface area contributed by atoms with Crippen LogP contribution in [0.3, 0.4) is 0 Å². The van der Waals surface area contributed by atoms with E-state index in [2.05, 4.69) is 5.32 Å². The SMILES string of the molecule is CCC1(c2ccc(Cl)cc2)NC(=O)N(Cc2ccc(Cl)s2)C1=O. The van der Waals surface area contributed by atoms with E-state index < -0.39 is 11.6 Å². The highest BCUT2D eigenvalue weighted by Gasteiger charge is 2.51. The lowest BCUT2D eigenvalue weighted by atomic mass is 9.87. The Bertz CT molecular complexity index is 760. The van der Waals surface area contributed by atoms with Gasteiger partial charge in [-0.2, -0.15) is 0 Å². The molecule has 4 nitrogen and oxygen atoms in total. The van der Waals surface area contributed by atoms with Crippen LogP contribution in [0.15, 0.2) is 36.4 Å². The quantitative estimate of drug-likeness (QED) is 0.812. The van der Waals surface area contributed by atoms with Crippen molar-refractivity contribution in [1.82, 2.24) is 10.2 Å². The Balaban J connectivity index is 1.93. The second-order valence-electron chi connectivity index (χ2n) is 5.29. The summed E-state index contributed by atoms with van der Waals surface area (Å²) in [4.78, 5) is 27.4. The fraction of sp³-hybridized carbons (Fsp3) is 0.250. The van der Waals surface area contributed by atoms with Gasteiger partial charge in [0.05, 0.1) is 10.9 Å². The molecule has 1 aliphatic rings. The number of benzene rings is 1. The van der Waals surface area contributed by atoms with E-state index in [1.807, 2.05) is 13.0 Å². The minimum atomic E-state index is -1.04. The van der Waals surface area contributed by atoms with Crippen LogP contribution in [0.5, 0.6) is 0 Å². The smallest absolute Gasteiger partial charge is 0.319 e. The molecule has 0 spiro atoms. The van der Waals surface area contributed by atoms with E-state index in [1.54, 1.807) is 30.3 Å². The van der Waals surface area contributed by atoms with Crippen LogP contribution in [0.2, 0.25) is 9.36 Å². The van der Waals surface area contributed by atoms with Crippen molar-refractivity contribution >= 4 is 46.5 Å². The number of carbonyl (C=O) groups is 2. The summed E-state index contributed by atoms with van der Waals surface area (Å²) in [5.74, 6) is -0.253. The summed E-state index contributed by atoms with van der Waals surface area (Å²) in [7, 11) is 0. The maximum atomic E-state index is 12.9. The summed E-state index contributed by atoms with van der Waals surface area (Å²) < 4.78 is 0.631. The van der Waals surface area contributed by atoms with E-state index in [-0.39, 0.29) is 12.5 Å². The molecule has 0 saturated carbocycles. The molecule has 1 aromatic heterocycles. The molecule has 23 heavy (non-hydrogen) atoms. The van der Waals surface area contributed by atoms with Crippen molar-refractivity contribution in [1.29, 1.82) is 0 Å². The highest BCUT2D eigenvalue weighted by Crippen LogP contribution is 2.34. The fourth-order valence-electron chi connectivity index (χ4n) is 2.74. The lowest BCUT2D eigenvalue weighted by Crippen LogP contribution is -2.43. The van der Waals surface area contributed by atoms with Gasteiger partial charge in [0.15, 0.2) is 0 Å². The lowest BCUT2D eigenvalue weighted by molar-refractivity contribution is -0.132.